The van der Waals surface area contributed by atoms with Crippen LogP contribution in [0.25, 0.3) is 0 Å². The van der Waals surface area contributed by atoms with Crippen molar-refractivity contribution in [3.8, 4) is 0 Å². The summed E-state index contributed by atoms with van der Waals surface area (Å²) < 4.78 is 5.44. The highest BCUT2D eigenvalue weighted by Gasteiger charge is 2.42. The zero-order valence-corrected chi connectivity index (χ0v) is 9.79. The Hall–Kier alpha value is -0.730. The van der Waals surface area contributed by atoms with Crippen LogP contribution in [0.5, 0.6) is 0 Å². The molecule has 1 saturated carbocycles. The average Bonchev–Trinajstić information content (AvgIpc) is 2.96. The van der Waals surface area contributed by atoms with Crippen molar-refractivity contribution < 1.29 is 9.53 Å². The molecule has 0 unspecified atom stereocenters. The molecular weight excluding hydrogens is 190 g/mol. The van der Waals surface area contributed by atoms with Crippen molar-refractivity contribution in [2.45, 2.75) is 51.6 Å². The molecule has 1 heterocycles. The fourth-order valence-corrected chi connectivity index (χ4v) is 2.08. The van der Waals surface area contributed by atoms with E-state index in [1.54, 1.807) is 0 Å². The van der Waals surface area contributed by atoms with Gasteiger partial charge in [0.15, 0.2) is 0 Å². The third-order valence-electron chi connectivity index (χ3n) is 3.74. The van der Waals surface area contributed by atoms with Gasteiger partial charge in [0.2, 0.25) is 0 Å². The average molecular weight is 211 g/mol. The second kappa shape index (κ2) is 4.03. The van der Waals surface area contributed by atoms with Gasteiger partial charge >= 0.3 is 6.09 Å². The molecule has 0 N–H and O–H groups in total. The number of rotatable bonds is 2. The lowest BCUT2D eigenvalue weighted by molar-refractivity contribution is 0.0488. The number of amides is 1. The Labute approximate surface area is 91.8 Å². The molecule has 0 atom stereocenters. The Bertz CT molecular complexity index is 240. The normalized spacial score (nSPS) is 25.1. The van der Waals surface area contributed by atoms with E-state index in [0.29, 0.717) is 0 Å². The Balaban J connectivity index is 1.77. The van der Waals surface area contributed by atoms with Crippen LogP contribution < -0.4 is 0 Å². The minimum absolute atomic E-state index is 0.0930. The number of hydrogen-bond donors (Lipinski definition) is 0. The van der Waals surface area contributed by atoms with E-state index in [4.69, 9.17) is 4.74 Å². The van der Waals surface area contributed by atoms with Gasteiger partial charge in [-0.15, -0.1) is 0 Å². The maximum absolute atomic E-state index is 11.8. The molecule has 1 amide bonds. The first kappa shape index (κ1) is 10.8. The van der Waals surface area contributed by atoms with E-state index in [9.17, 15) is 4.79 Å². The number of nitrogens with zero attached hydrogens (tertiary/aromatic N) is 1. The first-order valence-corrected chi connectivity index (χ1v) is 6.11. The van der Waals surface area contributed by atoms with Crippen LogP contribution in [0.15, 0.2) is 0 Å². The minimum atomic E-state index is -0.126. The third-order valence-corrected chi connectivity index (χ3v) is 3.74. The van der Waals surface area contributed by atoms with Crippen molar-refractivity contribution in [3.05, 3.63) is 0 Å². The minimum Gasteiger partial charge on any atom is -0.443 e. The topological polar surface area (TPSA) is 29.5 Å². The molecule has 0 bridgehead atoms. The quantitative estimate of drug-likeness (QED) is 0.703. The lowest BCUT2D eigenvalue weighted by Gasteiger charge is -2.31. The smallest absolute Gasteiger partial charge is 0.410 e. The molecule has 0 spiro atoms. The molecule has 1 aliphatic heterocycles. The first-order valence-electron chi connectivity index (χ1n) is 6.11. The maximum Gasteiger partial charge on any atom is 0.410 e. The Morgan fingerprint density at radius 3 is 2.47 bits per heavy atom. The van der Waals surface area contributed by atoms with Gasteiger partial charge < -0.3 is 9.64 Å². The molecule has 0 radical (unpaired) electrons. The highest BCUT2D eigenvalue weighted by molar-refractivity contribution is 5.68. The molecular formula is C12H21NO2. The van der Waals surface area contributed by atoms with Gasteiger partial charge in [-0.05, 0) is 38.5 Å². The van der Waals surface area contributed by atoms with Crippen molar-refractivity contribution in [3.63, 3.8) is 0 Å². The van der Waals surface area contributed by atoms with Crippen LogP contribution in [0, 0.1) is 5.92 Å². The summed E-state index contributed by atoms with van der Waals surface area (Å²) in [5.74, 6) is 0.811. The van der Waals surface area contributed by atoms with Gasteiger partial charge in [0.25, 0.3) is 0 Å². The van der Waals surface area contributed by atoms with Crippen molar-refractivity contribution >= 4 is 6.09 Å². The first-order chi connectivity index (χ1) is 7.13. The predicted molar refractivity (Wildman–Crippen MR) is 58.7 cm³/mol. The van der Waals surface area contributed by atoms with E-state index in [1.165, 1.54) is 6.42 Å². The van der Waals surface area contributed by atoms with Crippen molar-refractivity contribution in [2.75, 3.05) is 13.1 Å². The highest BCUT2D eigenvalue weighted by atomic mass is 16.6. The van der Waals surface area contributed by atoms with E-state index >= 15 is 0 Å². The van der Waals surface area contributed by atoms with Gasteiger partial charge in [-0.25, -0.2) is 4.79 Å². The van der Waals surface area contributed by atoms with E-state index in [1.807, 2.05) is 11.8 Å². The predicted octanol–water partition coefficient (Wildman–Crippen LogP) is 2.80. The molecule has 3 nitrogen and oxygen atoms in total. The van der Waals surface area contributed by atoms with E-state index < -0.39 is 0 Å². The second-order valence-electron chi connectivity index (χ2n) is 5.16. The summed E-state index contributed by atoms with van der Waals surface area (Å²) in [5.41, 5.74) is -0.126. The van der Waals surface area contributed by atoms with Crippen molar-refractivity contribution in [1.82, 2.24) is 4.90 Å². The maximum atomic E-state index is 11.8. The SMILES string of the molecule is CCC1CCN(C(=O)OC2(C)CC2)CC1. The van der Waals surface area contributed by atoms with Gasteiger partial charge in [-0.1, -0.05) is 13.3 Å². The van der Waals surface area contributed by atoms with Crippen LogP contribution in [-0.4, -0.2) is 29.7 Å². The monoisotopic (exact) mass is 211 g/mol. The summed E-state index contributed by atoms with van der Waals surface area (Å²) in [6.45, 7) is 6.01. The molecule has 3 heteroatoms. The number of carbonyl (C=O) groups is 1. The van der Waals surface area contributed by atoms with Gasteiger partial charge in [0.1, 0.15) is 5.60 Å². The molecule has 1 aliphatic carbocycles. The van der Waals surface area contributed by atoms with Crippen LogP contribution >= 0.6 is 0 Å². The molecule has 0 aromatic carbocycles. The van der Waals surface area contributed by atoms with Crippen LogP contribution in [0.1, 0.15) is 46.0 Å². The summed E-state index contributed by atoms with van der Waals surface area (Å²) >= 11 is 0. The van der Waals surface area contributed by atoms with E-state index in [0.717, 1.165) is 44.7 Å². The number of piperidine rings is 1. The van der Waals surface area contributed by atoms with Crippen molar-refractivity contribution in [2.24, 2.45) is 5.92 Å². The summed E-state index contributed by atoms with van der Waals surface area (Å²) in [6.07, 6.45) is 5.49. The highest BCUT2D eigenvalue weighted by Crippen LogP contribution is 2.39. The molecule has 0 aromatic rings. The molecule has 1 saturated heterocycles. The molecule has 0 aromatic heterocycles. The van der Waals surface area contributed by atoms with Crippen LogP contribution in [0.2, 0.25) is 0 Å². The standard InChI is InChI=1S/C12H21NO2/c1-3-10-4-8-13(9-5-10)11(14)15-12(2)6-7-12/h10H,3-9H2,1-2H3. The number of carbonyl (C=O) groups excluding carboxylic acids is 1. The zero-order valence-electron chi connectivity index (χ0n) is 9.79. The summed E-state index contributed by atoms with van der Waals surface area (Å²) in [4.78, 5) is 13.6. The number of likely N-dealkylation sites (tertiary alicyclic amines) is 1. The molecule has 86 valence electrons. The third kappa shape index (κ3) is 2.64. The fraction of sp³-hybridized carbons (Fsp3) is 0.917. The molecule has 2 aliphatic rings. The zero-order chi connectivity index (χ0) is 10.9. The lowest BCUT2D eigenvalue weighted by atomic mass is 9.95. The van der Waals surface area contributed by atoms with Gasteiger partial charge in [-0.3, -0.25) is 0 Å². The number of hydrogen-bond acceptors (Lipinski definition) is 2. The Morgan fingerprint density at radius 1 is 1.40 bits per heavy atom. The molecule has 2 rings (SSSR count). The second-order valence-corrected chi connectivity index (χ2v) is 5.16. The summed E-state index contributed by atoms with van der Waals surface area (Å²) in [5, 5.41) is 0. The number of ether oxygens (including phenoxy) is 1. The Kier molecular flexibility index (Phi) is 2.89. The lowest BCUT2D eigenvalue weighted by Crippen LogP contribution is -2.40. The van der Waals surface area contributed by atoms with Crippen LogP contribution in [-0.2, 0) is 4.74 Å². The molecule has 15 heavy (non-hydrogen) atoms. The van der Waals surface area contributed by atoms with Crippen molar-refractivity contribution in [1.29, 1.82) is 0 Å². The van der Waals surface area contributed by atoms with Gasteiger partial charge in [-0.2, -0.15) is 0 Å². The fourth-order valence-electron chi connectivity index (χ4n) is 2.08. The largest absolute Gasteiger partial charge is 0.443 e. The van der Waals surface area contributed by atoms with Crippen LogP contribution in [0.3, 0.4) is 0 Å². The summed E-state index contributed by atoms with van der Waals surface area (Å²) in [6, 6.07) is 0. The Morgan fingerprint density at radius 2 is 2.00 bits per heavy atom. The summed E-state index contributed by atoms with van der Waals surface area (Å²) in [7, 11) is 0. The van der Waals surface area contributed by atoms with Crippen LogP contribution in [0.4, 0.5) is 4.79 Å². The van der Waals surface area contributed by atoms with Gasteiger partial charge in [0.05, 0.1) is 0 Å². The molecule has 2 fully saturated rings. The van der Waals surface area contributed by atoms with E-state index in [2.05, 4.69) is 6.92 Å². The van der Waals surface area contributed by atoms with E-state index in [-0.39, 0.29) is 11.7 Å². The van der Waals surface area contributed by atoms with Gasteiger partial charge in [0, 0.05) is 13.1 Å².